The van der Waals surface area contributed by atoms with Crippen LogP contribution in [-0.4, -0.2) is 19.1 Å². The smallest absolute Gasteiger partial charge is 0.123 e. The Hall–Kier alpha value is -0.970. The second-order valence-electron chi connectivity index (χ2n) is 4.76. The lowest BCUT2D eigenvalue weighted by Gasteiger charge is -2.19. The molecule has 4 heteroatoms. The van der Waals surface area contributed by atoms with Crippen molar-refractivity contribution >= 4 is 0 Å². The van der Waals surface area contributed by atoms with E-state index in [1.165, 1.54) is 12.1 Å². The second-order valence-corrected chi connectivity index (χ2v) is 4.76. The highest BCUT2D eigenvalue weighted by Crippen LogP contribution is 2.20. The molecule has 0 aromatic heterocycles. The molecule has 3 nitrogen and oxygen atoms in total. The van der Waals surface area contributed by atoms with Crippen molar-refractivity contribution in [3.05, 3.63) is 35.6 Å². The predicted octanol–water partition coefficient (Wildman–Crippen LogP) is 1.93. The lowest BCUT2D eigenvalue weighted by atomic mass is 9.99. The highest BCUT2D eigenvalue weighted by Gasteiger charge is 2.10. The molecule has 0 aliphatic heterocycles. The fourth-order valence-electron chi connectivity index (χ4n) is 1.98. The number of nitrogens with one attached hydrogen (secondary N) is 1. The van der Waals surface area contributed by atoms with Crippen molar-refractivity contribution in [2.45, 2.75) is 38.3 Å². The van der Waals surface area contributed by atoms with Gasteiger partial charge in [-0.2, -0.15) is 0 Å². The second kappa shape index (κ2) is 8.19. The van der Waals surface area contributed by atoms with Gasteiger partial charge in [0.25, 0.3) is 0 Å². The van der Waals surface area contributed by atoms with Crippen LogP contribution in [0.2, 0.25) is 0 Å². The van der Waals surface area contributed by atoms with Crippen molar-refractivity contribution in [1.82, 2.24) is 5.32 Å². The fourth-order valence-corrected chi connectivity index (χ4v) is 1.98. The first-order valence-electron chi connectivity index (χ1n) is 6.58. The average Bonchev–Trinajstić information content (AvgIpc) is 2.34. The molecule has 0 spiro atoms. The minimum atomic E-state index is -0.202. The van der Waals surface area contributed by atoms with Gasteiger partial charge in [-0.25, -0.2) is 4.39 Å². The third-order valence-electron chi connectivity index (χ3n) is 2.96. The Morgan fingerprint density at radius 1 is 1.22 bits per heavy atom. The molecular weight excluding hydrogens is 229 g/mol. The zero-order valence-corrected chi connectivity index (χ0v) is 11.0. The molecule has 2 atom stereocenters. The van der Waals surface area contributed by atoms with E-state index in [2.05, 4.69) is 5.32 Å². The summed E-state index contributed by atoms with van der Waals surface area (Å²) in [5.74, 6) is -0.202. The van der Waals surface area contributed by atoms with Crippen molar-refractivity contribution in [2.24, 2.45) is 11.5 Å². The Balaban J connectivity index is 2.56. The monoisotopic (exact) mass is 253 g/mol. The van der Waals surface area contributed by atoms with Crippen molar-refractivity contribution in [2.75, 3.05) is 13.1 Å². The maximum Gasteiger partial charge on any atom is 0.123 e. The van der Waals surface area contributed by atoms with Crippen LogP contribution in [0.3, 0.4) is 0 Å². The number of halogens is 1. The molecule has 0 aliphatic rings. The Bertz CT molecular complexity index is 324. The summed E-state index contributed by atoms with van der Waals surface area (Å²) in [6, 6.07) is 7.11. The summed E-state index contributed by atoms with van der Waals surface area (Å²) in [6.45, 7) is 3.38. The number of hydrogen-bond acceptors (Lipinski definition) is 3. The summed E-state index contributed by atoms with van der Waals surface area (Å²) < 4.78 is 12.9. The van der Waals surface area contributed by atoms with Crippen LogP contribution in [0.5, 0.6) is 0 Å². The third kappa shape index (κ3) is 5.58. The SMILES string of the molecule is CC(N)CCCC(NCCN)c1ccc(F)cc1. The predicted molar refractivity (Wildman–Crippen MR) is 73.7 cm³/mol. The maximum absolute atomic E-state index is 12.9. The normalized spacial score (nSPS) is 14.4. The van der Waals surface area contributed by atoms with Gasteiger partial charge < -0.3 is 16.8 Å². The molecule has 102 valence electrons. The minimum Gasteiger partial charge on any atom is -0.329 e. The molecule has 0 amide bonds. The largest absolute Gasteiger partial charge is 0.329 e. The highest BCUT2D eigenvalue weighted by molar-refractivity contribution is 5.19. The zero-order chi connectivity index (χ0) is 13.4. The summed E-state index contributed by atoms with van der Waals surface area (Å²) in [4.78, 5) is 0. The molecule has 1 aromatic carbocycles. The molecule has 1 rings (SSSR count). The van der Waals surface area contributed by atoms with Crippen LogP contribution in [0, 0.1) is 5.82 Å². The molecule has 1 aromatic rings. The van der Waals surface area contributed by atoms with Gasteiger partial charge in [0.05, 0.1) is 0 Å². The van der Waals surface area contributed by atoms with E-state index >= 15 is 0 Å². The van der Waals surface area contributed by atoms with Crippen molar-refractivity contribution in [3.63, 3.8) is 0 Å². The number of rotatable bonds is 8. The number of hydrogen-bond donors (Lipinski definition) is 3. The van der Waals surface area contributed by atoms with Gasteiger partial charge in [-0.15, -0.1) is 0 Å². The van der Waals surface area contributed by atoms with Gasteiger partial charge in [-0.3, -0.25) is 0 Å². The first kappa shape index (κ1) is 15.1. The van der Waals surface area contributed by atoms with E-state index in [9.17, 15) is 4.39 Å². The molecule has 0 aliphatic carbocycles. The summed E-state index contributed by atoms with van der Waals surface area (Å²) >= 11 is 0. The summed E-state index contributed by atoms with van der Waals surface area (Å²) in [6.07, 6.45) is 3.05. The van der Waals surface area contributed by atoms with Gasteiger partial charge in [0.2, 0.25) is 0 Å². The summed E-state index contributed by atoms with van der Waals surface area (Å²) in [5, 5.41) is 3.39. The van der Waals surface area contributed by atoms with Gasteiger partial charge in [0.15, 0.2) is 0 Å². The third-order valence-corrected chi connectivity index (χ3v) is 2.96. The fraction of sp³-hybridized carbons (Fsp3) is 0.571. The molecule has 0 bridgehead atoms. The van der Waals surface area contributed by atoms with Gasteiger partial charge in [-0.05, 0) is 37.5 Å². The highest BCUT2D eigenvalue weighted by atomic mass is 19.1. The summed E-state index contributed by atoms with van der Waals surface area (Å²) in [7, 11) is 0. The van der Waals surface area contributed by atoms with Gasteiger partial charge >= 0.3 is 0 Å². The van der Waals surface area contributed by atoms with Crippen molar-refractivity contribution in [3.8, 4) is 0 Å². The Morgan fingerprint density at radius 2 is 1.89 bits per heavy atom. The summed E-state index contributed by atoms with van der Waals surface area (Å²) in [5.41, 5.74) is 12.4. The van der Waals surface area contributed by atoms with Crippen LogP contribution in [0.1, 0.15) is 37.8 Å². The molecule has 0 radical (unpaired) electrons. The standard InChI is InChI=1S/C14H24FN3/c1-11(17)3-2-4-14(18-10-9-16)12-5-7-13(15)8-6-12/h5-8,11,14,18H,2-4,9-10,16-17H2,1H3. The van der Waals surface area contributed by atoms with E-state index in [0.29, 0.717) is 6.54 Å². The van der Waals surface area contributed by atoms with Crippen LogP contribution in [0.25, 0.3) is 0 Å². The maximum atomic E-state index is 12.9. The Labute approximate surface area is 109 Å². The topological polar surface area (TPSA) is 64.1 Å². The van der Waals surface area contributed by atoms with Crippen LogP contribution in [-0.2, 0) is 0 Å². The van der Waals surface area contributed by atoms with E-state index in [1.54, 1.807) is 0 Å². The van der Waals surface area contributed by atoms with E-state index in [4.69, 9.17) is 11.5 Å². The van der Waals surface area contributed by atoms with Gasteiger partial charge in [0, 0.05) is 25.2 Å². The minimum absolute atomic E-state index is 0.202. The van der Waals surface area contributed by atoms with E-state index < -0.39 is 0 Å². The molecule has 0 fully saturated rings. The van der Waals surface area contributed by atoms with Crippen LogP contribution < -0.4 is 16.8 Å². The van der Waals surface area contributed by atoms with E-state index in [-0.39, 0.29) is 17.9 Å². The first-order chi connectivity index (χ1) is 8.63. The van der Waals surface area contributed by atoms with E-state index in [1.807, 2.05) is 19.1 Å². The lowest BCUT2D eigenvalue weighted by Crippen LogP contribution is -2.27. The van der Waals surface area contributed by atoms with Gasteiger partial charge in [0.1, 0.15) is 5.82 Å². The molecule has 0 saturated carbocycles. The van der Waals surface area contributed by atoms with E-state index in [0.717, 1.165) is 31.4 Å². The van der Waals surface area contributed by atoms with Gasteiger partial charge in [-0.1, -0.05) is 18.6 Å². The molecular formula is C14H24FN3. The Morgan fingerprint density at radius 3 is 2.44 bits per heavy atom. The van der Waals surface area contributed by atoms with Crippen molar-refractivity contribution in [1.29, 1.82) is 0 Å². The van der Waals surface area contributed by atoms with Crippen LogP contribution in [0.4, 0.5) is 4.39 Å². The van der Waals surface area contributed by atoms with Crippen LogP contribution in [0.15, 0.2) is 24.3 Å². The van der Waals surface area contributed by atoms with Crippen molar-refractivity contribution < 1.29 is 4.39 Å². The molecule has 5 N–H and O–H groups in total. The molecule has 2 unspecified atom stereocenters. The lowest BCUT2D eigenvalue weighted by molar-refractivity contribution is 0.468. The molecule has 0 saturated heterocycles. The quantitative estimate of drug-likeness (QED) is 0.663. The Kier molecular flexibility index (Phi) is 6.86. The van der Waals surface area contributed by atoms with Crippen LogP contribution >= 0.6 is 0 Å². The molecule has 18 heavy (non-hydrogen) atoms. The average molecular weight is 253 g/mol. The number of nitrogens with two attached hydrogens (primary N) is 2. The molecule has 0 heterocycles. The number of benzene rings is 1. The first-order valence-corrected chi connectivity index (χ1v) is 6.58. The zero-order valence-electron chi connectivity index (χ0n) is 11.0.